The Hall–Kier alpha value is -2.04. The van der Waals surface area contributed by atoms with Gasteiger partial charge in [-0.3, -0.25) is 0 Å². The topological polar surface area (TPSA) is 64.6 Å². The van der Waals surface area contributed by atoms with Crippen LogP contribution < -0.4 is 5.32 Å². The molecule has 1 unspecified atom stereocenters. The number of esters is 1. The summed E-state index contributed by atoms with van der Waals surface area (Å²) in [4.78, 5) is 23.7. The van der Waals surface area contributed by atoms with Crippen LogP contribution in [0.25, 0.3) is 0 Å². The molecule has 5 heteroatoms. The summed E-state index contributed by atoms with van der Waals surface area (Å²) in [6, 6.07) is 9.73. The zero-order valence-corrected chi connectivity index (χ0v) is 10.6. The Kier molecular flexibility index (Phi) is 2.52. The van der Waals surface area contributed by atoms with Crippen LogP contribution in [0.15, 0.2) is 30.3 Å². The van der Waals surface area contributed by atoms with Gasteiger partial charge in [0.2, 0.25) is 0 Å². The Labute approximate surface area is 110 Å². The molecule has 2 fully saturated rings. The molecule has 1 heterocycles. The van der Waals surface area contributed by atoms with Crippen molar-refractivity contribution in [3.8, 4) is 0 Å². The molecule has 1 aliphatic carbocycles. The molecular weight excluding hydrogens is 246 g/mol. The number of fused-ring (bicyclic) bond motifs is 1. The third-order valence-electron chi connectivity index (χ3n) is 4.20. The number of benzene rings is 1. The molecule has 0 aromatic heterocycles. The minimum Gasteiger partial charge on any atom is -0.467 e. The molecule has 1 aromatic rings. The highest BCUT2D eigenvalue weighted by Gasteiger charge is 2.75. The lowest BCUT2D eigenvalue weighted by molar-refractivity contribution is -0.144. The average Bonchev–Trinajstić information content (AvgIpc) is 3.10. The van der Waals surface area contributed by atoms with Crippen molar-refractivity contribution in [3.63, 3.8) is 0 Å². The molecular formula is C14H15NO4. The third-order valence-corrected chi connectivity index (χ3v) is 4.20. The van der Waals surface area contributed by atoms with Gasteiger partial charge in [-0.2, -0.15) is 0 Å². The van der Waals surface area contributed by atoms with Crippen LogP contribution in [-0.2, 0) is 19.7 Å². The molecule has 100 valence electrons. The summed E-state index contributed by atoms with van der Waals surface area (Å²) in [7, 11) is 1.34. The van der Waals surface area contributed by atoms with Crippen LogP contribution in [0.2, 0.25) is 0 Å². The molecule has 5 nitrogen and oxygen atoms in total. The molecule has 1 aliphatic heterocycles. The molecule has 0 spiro atoms. The average molecular weight is 261 g/mol. The zero-order chi connectivity index (χ0) is 13.5. The summed E-state index contributed by atoms with van der Waals surface area (Å²) in [5.74, 6) is -0.407. The van der Waals surface area contributed by atoms with Gasteiger partial charge >= 0.3 is 12.1 Å². The third kappa shape index (κ3) is 1.54. The van der Waals surface area contributed by atoms with Gasteiger partial charge in [-0.25, -0.2) is 9.59 Å². The van der Waals surface area contributed by atoms with Gasteiger partial charge in [0, 0.05) is 5.41 Å². The van der Waals surface area contributed by atoms with Crippen LogP contribution >= 0.6 is 0 Å². The maximum atomic E-state index is 12.1. The normalized spacial score (nSPS) is 32.4. The molecule has 0 radical (unpaired) electrons. The number of rotatable bonds is 2. The molecule has 1 amide bonds. The quantitative estimate of drug-likeness (QED) is 0.817. The van der Waals surface area contributed by atoms with E-state index in [-0.39, 0.29) is 0 Å². The minimum absolute atomic E-state index is 0.305. The fraction of sp³-hybridized carbons (Fsp3) is 0.429. The molecule has 1 aromatic carbocycles. The van der Waals surface area contributed by atoms with E-state index in [1.54, 1.807) is 0 Å². The molecule has 2 aliphatic rings. The Morgan fingerprint density at radius 2 is 2.11 bits per heavy atom. The zero-order valence-electron chi connectivity index (χ0n) is 10.6. The van der Waals surface area contributed by atoms with E-state index in [0.717, 1.165) is 5.56 Å². The Bertz CT molecular complexity index is 530. The van der Waals surface area contributed by atoms with Crippen molar-refractivity contribution in [2.24, 2.45) is 0 Å². The second-order valence-electron chi connectivity index (χ2n) is 5.03. The molecule has 0 bridgehead atoms. The summed E-state index contributed by atoms with van der Waals surface area (Å²) in [6.07, 6.45) is 0.622. The second kappa shape index (κ2) is 3.98. The molecule has 1 saturated carbocycles. The van der Waals surface area contributed by atoms with Crippen molar-refractivity contribution in [2.75, 3.05) is 13.7 Å². The lowest BCUT2D eigenvalue weighted by atomic mass is 9.87. The second-order valence-corrected chi connectivity index (χ2v) is 5.03. The number of carbonyl (C=O) groups is 2. The van der Waals surface area contributed by atoms with Gasteiger partial charge in [0.05, 0.1) is 13.7 Å². The number of alkyl carbamates (subject to hydrolysis) is 1. The maximum absolute atomic E-state index is 12.1. The van der Waals surface area contributed by atoms with Crippen LogP contribution in [0.5, 0.6) is 0 Å². The first-order valence-corrected chi connectivity index (χ1v) is 6.23. The summed E-state index contributed by atoms with van der Waals surface area (Å²) >= 11 is 0. The van der Waals surface area contributed by atoms with E-state index in [1.807, 2.05) is 30.3 Å². The summed E-state index contributed by atoms with van der Waals surface area (Å²) in [5, 5.41) is 2.68. The van der Waals surface area contributed by atoms with E-state index < -0.39 is 23.0 Å². The Morgan fingerprint density at radius 1 is 1.37 bits per heavy atom. The van der Waals surface area contributed by atoms with E-state index in [1.165, 1.54) is 7.11 Å². The minimum atomic E-state index is -0.976. The van der Waals surface area contributed by atoms with Gasteiger partial charge in [0.1, 0.15) is 0 Å². The SMILES string of the molecule is COC(=O)C12C[C@]1(c1ccccc1)CCOC(=O)N2. The van der Waals surface area contributed by atoms with E-state index in [0.29, 0.717) is 19.4 Å². The van der Waals surface area contributed by atoms with Crippen molar-refractivity contribution in [1.82, 2.24) is 5.32 Å². The van der Waals surface area contributed by atoms with Crippen molar-refractivity contribution in [3.05, 3.63) is 35.9 Å². The van der Waals surface area contributed by atoms with Crippen LogP contribution in [0.4, 0.5) is 4.79 Å². The standard InChI is InChI=1S/C14H15NO4/c1-18-11(16)14-9-13(14,7-8-19-12(17)15-14)10-5-3-2-4-6-10/h2-6H,7-9H2,1H3,(H,15,17)/t13-,14?/m0/s1. The van der Waals surface area contributed by atoms with E-state index in [4.69, 9.17) is 9.47 Å². The molecule has 1 saturated heterocycles. The van der Waals surface area contributed by atoms with Gasteiger partial charge < -0.3 is 14.8 Å². The highest BCUT2D eigenvalue weighted by molar-refractivity contribution is 5.93. The Balaban J connectivity index is 2.05. The van der Waals surface area contributed by atoms with Crippen LogP contribution in [-0.4, -0.2) is 31.3 Å². The first-order chi connectivity index (χ1) is 9.14. The summed E-state index contributed by atoms with van der Waals surface area (Å²) < 4.78 is 9.89. The number of nitrogens with one attached hydrogen (secondary N) is 1. The molecule has 19 heavy (non-hydrogen) atoms. The van der Waals surface area contributed by atoms with Gasteiger partial charge in [0.15, 0.2) is 5.54 Å². The smallest absolute Gasteiger partial charge is 0.408 e. The number of hydrogen-bond donors (Lipinski definition) is 1. The number of hydrogen-bond acceptors (Lipinski definition) is 4. The summed E-state index contributed by atoms with van der Waals surface area (Å²) in [6.45, 7) is 0.305. The van der Waals surface area contributed by atoms with E-state index in [9.17, 15) is 9.59 Å². The summed E-state index contributed by atoms with van der Waals surface area (Å²) in [5.41, 5.74) is -0.351. The fourth-order valence-electron chi connectivity index (χ4n) is 3.15. The van der Waals surface area contributed by atoms with Gasteiger partial charge in [-0.15, -0.1) is 0 Å². The first kappa shape index (κ1) is 12.0. The van der Waals surface area contributed by atoms with Gasteiger partial charge in [0.25, 0.3) is 0 Å². The van der Waals surface area contributed by atoms with Crippen LogP contribution in [0.1, 0.15) is 18.4 Å². The predicted octanol–water partition coefficient (Wildman–Crippen LogP) is 1.37. The maximum Gasteiger partial charge on any atom is 0.408 e. The monoisotopic (exact) mass is 261 g/mol. The van der Waals surface area contributed by atoms with Crippen molar-refractivity contribution in [2.45, 2.75) is 23.8 Å². The van der Waals surface area contributed by atoms with Crippen molar-refractivity contribution >= 4 is 12.1 Å². The number of cyclic esters (lactones) is 1. The van der Waals surface area contributed by atoms with Gasteiger partial charge in [-0.05, 0) is 18.4 Å². The number of carbonyl (C=O) groups excluding carboxylic acids is 2. The number of methoxy groups -OCH3 is 1. The van der Waals surface area contributed by atoms with Crippen LogP contribution in [0, 0.1) is 0 Å². The number of amides is 1. The molecule has 2 atom stereocenters. The highest BCUT2D eigenvalue weighted by Crippen LogP contribution is 2.61. The van der Waals surface area contributed by atoms with Crippen molar-refractivity contribution < 1.29 is 19.1 Å². The molecule has 1 N–H and O–H groups in total. The van der Waals surface area contributed by atoms with E-state index >= 15 is 0 Å². The van der Waals surface area contributed by atoms with E-state index in [2.05, 4.69) is 5.32 Å². The first-order valence-electron chi connectivity index (χ1n) is 6.23. The number of ether oxygens (including phenoxy) is 2. The largest absolute Gasteiger partial charge is 0.467 e. The predicted molar refractivity (Wildman–Crippen MR) is 66.6 cm³/mol. The van der Waals surface area contributed by atoms with Crippen LogP contribution in [0.3, 0.4) is 0 Å². The van der Waals surface area contributed by atoms with Crippen molar-refractivity contribution in [1.29, 1.82) is 0 Å². The lowest BCUT2D eigenvalue weighted by Gasteiger charge is -2.21. The highest BCUT2D eigenvalue weighted by atomic mass is 16.6. The van der Waals surface area contributed by atoms with Gasteiger partial charge in [-0.1, -0.05) is 30.3 Å². The Morgan fingerprint density at radius 3 is 2.79 bits per heavy atom. The lowest BCUT2D eigenvalue weighted by Crippen LogP contribution is -2.48. The fourth-order valence-corrected chi connectivity index (χ4v) is 3.15. The molecule has 3 rings (SSSR count).